The van der Waals surface area contributed by atoms with Crippen LogP contribution in [0.4, 0.5) is 18.9 Å². The lowest BCUT2D eigenvalue weighted by molar-refractivity contribution is -0.134. The van der Waals surface area contributed by atoms with Crippen LogP contribution in [0.25, 0.3) is 11.1 Å². The molecule has 224 valence electrons. The number of carbonyl (C=O) groups is 2. The molecular weight excluding hydrogens is 569 g/mol. The van der Waals surface area contributed by atoms with Crippen LogP contribution in [0.3, 0.4) is 0 Å². The Labute approximate surface area is 247 Å². The lowest BCUT2D eigenvalue weighted by atomic mass is 9.88. The van der Waals surface area contributed by atoms with Gasteiger partial charge in [-0.2, -0.15) is 13.2 Å². The Kier molecular flexibility index (Phi) is 8.82. The fraction of sp³-hybridized carbons (Fsp3) is 0.452. The van der Waals surface area contributed by atoms with Gasteiger partial charge in [-0.25, -0.2) is 4.79 Å². The fourth-order valence-electron chi connectivity index (χ4n) is 5.98. The SMILES string of the molecule is NC=C(C(=O)O)C(=NC1CCCN(c2cc(Cl)ccc2-c2ccc(C3CCN(C(=O)C4CC4)CC3)cc2)C1)C(F)(F)F. The van der Waals surface area contributed by atoms with E-state index in [2.05, 4.69) is 29.3 Å². The first-order valence-electron chi connectivity index (χ1n) is 14.3. The summed E-state index contributed by atoms with van der Waals surface area (Å²) in [6, 6.07) is 13.0. The molecule has 5 rings (SSSR count). The molecule has 1 saturated carbocycles. The molecule has 2 aliphatic heterocycles. The number of nitrogens with two attached hydrogens (primary N) is 1. The summed E-state index contributed by atoms with van der Waals surface area (Å²) in [5.74, 6) is -0.849. The molecule has 3 N–H and O–H groups in total. The van der Waals surface area contributed by atoms with Crippen LogP contribution >= 0.6 is 11.6 Å². The highest BCUT2D eigenvalue weighted by Crippen LogP contribution is 2.38. The fourth-order valence-corrected chi connectivity index (χ4v) is 6.14. The molecule has 11 heteroatoms. The minimum atomic E-state index is -4.96. The Morgan fingerprint density at radius 3 is 2.29 bits per heavy atom. The van der Waals surface area contributed by atoms with Crippen LogP contribution in [0.5, 0.6) is 0 Å². The van der Waals surface area contributed by atoms with Crippen molar-refractivity contribution in [1.82, 2.24) is 4.90 Å². The monoisotopic (exact) mass is 602 g/mol. The van der Waals surface area contributed by atoms with Crippen LogP contribution in [0.1, 0.15) is 50.0 Å². The number of piperidine rings is 2. The van der Waals surface area contributed by atoms with Crippen LogP contribution < -0.4 is 10.6 Å². The number of amides is 1. The van der Waals surface area contributed by atoms with Crippen molar-refractivity contribution in [3.63, 3.8) is 0 Å². The molecule has 1 atom stereocenters. The highest BCUT2D eigenvalue weighted by Gasteiger charge is 2.41. The molecular formula is C31H34ClF3N4O3. The molecule has 1 amide bonds. The number of likely N-dealkylation sites (tertiary alicyclic amines) is 1. The van der Waals surface area contributed by atoms with Gasteiger partial charge in [0.1, 0.15) is 5.57 Å². The number of anilines is 1. The first-order chi connectivity index (χ1) is 20.0. The number of carbonyl (C=O) groups excluding carboxylic acids is 1. The van der Waals surface area contributed by atoms with Crippen LogP contribution in [-0.2, 0) is 9.59 Å². The van der Waals surface area contributed by atoms with Gasteiger partial charge in [-0.05, 0) is 67.7 Å². The maximum atomic E-state index is 13.7. The van der Waals surface area contributed by atoms with Gasteiger partial charge in [-0.3, -0.25) is 9.79 Å². The van der Waals surface area contributed by atoms with Crippen molar-refractivity contribution >= 4 is 34.9 Å². The Balaban J connectivity index is 1.34. The van der Waals surface area contributed by atoms with E-state index in [4.69, 9.17) is 17.3 Å². The molecule has 2 aromatic rings. The maximum absolute atomic E-state index is 13.7. The van der Waals surface area contributed by atoms with Gasteiger partial charge < -0.3 is 20.6 Å². The van der Waals surface area contributed by atoms with Crippen molar-refractivity contribution in [1.29, 1.82) is 0 Å². The summed E-state index contributed by atoms with van der Waals surface area (Å²) in [6.45, 7) is 2.33. The summed E-state index contributed by atoms with van der Waals surface area (Å²) in [7, 11) is 0. The number of benzene rings is 2. The van der Waals surface area contributed by atoms with E-state index in [1.54, 1.807) is 12.1 Å². The molecule has 0 spiro atoms. The van der Waals surface area contributed by atoms with Crippen LogP contribution in [0.15, 0.2) is 59.2 Å². The number of alkyl halides is 3. The lowest BCUT2D eigenvalue weighted by Gasteiger charge is -2.35. The summed E-state index contributed by atoms with van der Waals surface area (Å²) in [5, 5.41) is 9.75. The molecule has 42 heavy (non-hydrogen) atoms. The minimum Gasteiger partial charge on any atom is -0.478 e. The average molecular weight is 603 g/mol. The Morgan fingerprint density at radius 2 is 1.69 bits per heavy atom. The second-order valence-electron chi connectivity index (χ2n) is 11.3. The van der Waals surface area contributed by atoms with Crippen LogP contribution in [0, 0.1) is 5.92 Å². The third kappa shape index (κ3) is 6.75. The van der Waals surface area contributed by atoms with Crippen LogP contribution in [0.2, 0.25) is 5.02 Å². The molecule has 0 aromatic heterocycles. The molecule has 3 aliphatic rings. The van der Waals surface area contributed by atoms with Crippen molar-refractivity contribution in [2.24, 2.45) is 16.6 Å². The van der Waals surface area contributed by atoms with Gasteiger partial charge >= 0.3 is 12.1 Å². The van der Waals surface area contributed by atoms with E-state index in [0.717, 1.165) is 55.6 Å². The lowest BCUT2D eigenvalue weighted by Crippen LogP contribution is -2.40. The number of hydrogen-bond donors (Lipinski definition) is 2. The van der Waals surface area contributed by atoms with E-state index in [1.807, 2.05) is 15.9 Å². The third-order valence-electron chi connectivity index (χ3n) is 8.36. The number of aliphatic carboxylic acids is 1. The smallest absolute Gasteiger partial charge is 0.433 e. The third-order valence-corrected chi connectivity index (χ3v) is 8.59. The number of carboxylic acid groups (broad SMARTS) is 1. The maximum Gasteiger partial charge on any atom is 0.433 e. The molecule has 0 bridgehead atoms. The Morgan fingerprint density at radius 1 is 1.00 bits per heavy atom. The van der Waals surface area contributed by atoms with E-state index < -0.39 is 29.5 Å². The van der Waals surface area contributed by atoms with Crippen molar-refractivity contribution in [2.45, 2.75) is 56.7 Å². The van der Waals surface area contributed by atoms with E-state index in [9.17, 15) is 27.9 Å². The molecule has 1 unspecified atom stereocenters. The van der Waals surface area contributed by atoms with Crippen molar-refractivity contribution in [3.8, 4) is 11.1 Å². The van der Waals surface area contributed by atoms with Crippen molar-refractivity contribution in [2.75, 3.05) is 31.1 Å². The number of halogens is 4. The minimum absolute atomic E-state index is 0.167. The number of aliphatic imine (C=N–C) groups is 1. The molecule has 3 fully saturated rings. The average Bonchev–Trinajstić information content (AvgIpc) is 3.82. The molecule has 2 heterocycles. The van der Waals surface area contributed by atoms with Crippen molar-refractivity contribution in [3.05, 3.63) is 64.8 Å². The first kappa shape index (κ1) is 29.9. The number of hydrogen-bond acceptors (Lipinski definition) is 5. The van der Waals surface area contributed by atoms with Gasteiger partial charge in [-0.15, -0.1) is 0 Å². The second kappa shape index (κ2) is 12.4. The highest BCUT2D eigenvalue weighted by atomic mass is 35.5. The topological polar surface area (TPSA) is 99.2 Å². The second-order valence-corrected chi connectivity index (χ2v) is 11.7. The summed E-state index contributed by atoms with van der Waals surface area (Å²) < 4.78 is 41.2. The zero-order valence-electron chi connectivity index (χ0n) is 23.1. The molecule has 0 radical (unpaired) electrons. The zero-order chi connectivity index (χ0) is 30.0. The Bertz CT molecular complexity index is 1380. The highest BCUT2D eigenvalue weighted by molar-refractivity contribution is 6.31. The van der Waals surface area contributed by atoms with Crippen LogP contribution in [-0.4, -0.2) is 66.0 Å². The van der Waals surface area contributed by atoms with E-state index in [-0.39, 0.29) is 12.5 Å². The normalized spacial score (nSPS) is 21.0. The molecule has 1 aliphatic carbocycles. The van der Waals surface area contributed by atoms with Gasteiger partial charge in [0, 0.05) is 54.6 Å². The number of rotatable bonds is 7. The van der Waals surface area contributed by atoms with Gasteiger partial charge in [0.15, 0.2) is 5.71 Å². The molecule has 2 aromatic carbocycles. The van der Waals surface area contributed by atoms with E-state index in [0.29, 0.717) is 42.4 Å². The predicted molar refractivity (Wildman–Crippen MR) is 157 cm³/mol. The Hall–Kier alpha value is -3.53. The van der Waals surface area contributed by atoms with Crippen molar-refractivity contribution < 1.29 is 27.9 Å². The number of carboxylic acids is 1. The largest absolute Gasteiger partial charge is 0.478 e. The van der Waals surface area contributed by atoms with Gasteiger partial charge in [0.2, 0.25) is 5.91 Å². The van der Waals surface area contributed by atoms with E-state index >= 15 is 0 Å². The van der Waals surface area contributed by atoms with E-state index in [1.165, 1.54) is 5.56 Å². The first-order valence-corrected chi connectivity index (χ1v) is 14.7. The quantitative estimate of drug-likeness (QED) is 0.298. The predicted octanol–water partition coefficient (Wildman–Crippen LogP) is 6.02. The summed E-state index contributed by atoms with van der Waals surface area (Å²) >= 11 is 6.37. The van der Waals surface area contributed by atoms with Gasteiger partial charge in [-0.1, -0.05) is 41.9 Å². The summed E-state index contributed by atoms with van der Waals surface area (Å²) in [4.78, 5) is 31.6. The van der Waals surface area contributed by atoms with Gasteiger partial charge in [0.05, 0.1) is 6.04 Å². The summed E-state index contributed by atoms with van der Waals surface area (Å²) in [6.07, 6.45) is 0.326. The zero-order valence-corrected chi connectivity index (χ0v) is 23.9. The summed E-state index contributed by atoms with van der Waals surface area (Å²) in [5.41, 5.74) is 6.53. The van der Waals surface area contributed by atoms with Gasteiger partial charge in [0.25, 0.3) is 0 Å². The number of nitrogens with zero attached hydrogens (tertiary/aromatic N) is 3. The molecule has 7 nitrogen and oxygen atoms in total. The standard InChI is InChI=1S/C31H34ClF3N4O3/c32-23-9-10-25(21-5-3-19(4-6-21)20-11-14-38(15-12-20)29(40)22-7-8-22)27(16-23)39-13-1-2-24(18-39)37-28(31(33,34)35)26(17-36)30(41)42/h3-6,9-10,16-17,20,22,24H,1-2,7-8,11-15,18,36H2,(H,41,42). The molecule has 2 saturated heterocycles.